The molecule has 0 saturated carbocycles. The summed E-state index contributed by atoms with van der Waals surface area (Å²) < 4.78 is 23.8. The van der Waals surface area contributed by atoms with Gasteiger partial charge in [-0.05, 0) is 29.8 Å². The molecule has 2 heterocycles. The van der Waals surface area contributed by atoms with Crippen LogP contribution in [0.4, 0.5) is 5.95 Å². The van der Waals surface area contributed by atoms with Crippen molar-refractivity contribution < 1.29 is 18.0 Å². The fraction of sp³-hybridized carbons (Fsp3) is 0.176. The van der Waals surface area contributed by atoms with Gasteiger partial charge in [-0.25, -0.2) is 12.9 Å². The van der Waals surface area contributed by atoms with Gasteiger partial charge in [-0.15, -0.1) is 5.10 Å². The van der Waals surface area contributed by atoms with Gasteiger partial charge in [0.05, 0.1) is 0 Å². The smallest absolute Gasteiger partial charge is 0.251 e. The van der Waals surface area contributed by atoms with Crippen molar-refractivity contribution in [1.82, 2.24) is 19.9 Å². The second-order valence-corrected chi connectivity index (χ2v) is 8.07. The number of hydrogen-bond acceptors (Lipinski definition) is 6. The second-order valence-electron chi connectivity index (χ2n) is 5.93. The summed E-state index contributed by atoms with van der Waals surface area (Å²) in [6.07, 6.45) is 2.68. The van der Waals surface area contributed by atoms with Crippen LogP contribution in [0.2, 0.25) is 0 Å². The van der Waals surface area contributed by atoms with Crippen LogP contribution in [0.25, 0.3) is 16.8 Å². The van der Waals surface area contributed by atoms with E-state index < -0.39 is 21.5 Å². The lowest BCUT2D eigenvalue weighted by Gasteiger charge is -2.05. The van der Waals surface area contributed by atoms with E-state index in [2.05, 4.69) is 20.7 Å². The van der Waals surface area contributed by atoms with E-state index in [1.54, 1.807) is 37.5 Å². The number of pyridine rings is 1. The van der Waals surface area contributed by atoms with Gasteiger partial charge >= 0.3 is 0 Å². The molecule has 3 rings (SSSR count). The predicted molar refractivity (Wildman–Crippen MR) is 100 cm³/mol. The molecular formula is C17H17N5O4S. The number of sulfone groups is 1. The molecule has 1 aromatic carbocycles. The third kappa shape index (κ3) is 4.47. The SMILES string of the molecule is CNC(=O)c1cccc(-c2ccc3nc(NC(=O)CS(C)(=O)=O)nn3c2)c1. The third-order valence-electron chi connectivity index (χ3n) is 3.66. The first-order valence-corrected chi connectivity index (χ1v) is 9.98. The fourth-order valence-corrected chi connectivity index (χ4v) is 3.04. The number of nitrogens with one attached hydrogen (secondary N) is 2. The number of amides is 2. The van der Waals surface area contributed by atoms with Gasteiger partial charge in [0.2, 0.25) is 11.9 Å². The molecule has 0 aliphatic heterocycles. The molecule has 0 fully saturated rings. The zero-order valence-electron chi connectivity index (χ0n) is 14.6. The third-order valence-corrected chi connectivity index (χ3v) is 4.45. The zero-order valence-corrected chi connectivity index (χ0v) is 15.4. The Morgan fingerprint density at radius 2 is 1.93 bits per heavy atom. The summed E-state index contributed by atoms with van der Waals surface area (Å²) in [6, 6.07) is 10.6. The van der Waals surface area contributed by atoms with E-state index in [1.165, 1.54) is 4.52 Å². The fourth-order valence-electron chi connectivity index (χ4n) is 2.49. The first-order chi connectivity index (χ1) is 12.7. The summed E-state index contributed by atoms with van der Waals surface area (Å²) in [4.78, 5) is 27.6. The largest absolute Gasteiger partial charge is 0.355 e. The van der Waals surface area contributed by atoms with Crippen molar-refractivity contribution in [1.29, 1.82) is 0 Å². The van der Waals surface area contributed by atoms with Crippen LogP contribution in [0.5, 0.6) is 0 Å². The molecule has 0 atom stereocenters. The minimum absolute atomic E-state index is 0.0138. The molecule has 27 heavy (non-hydrogen) atoms. The van der Waals surface area contributed by atoms with Gasteiger partial charge in [-0.3, -0.25) is 14.9 Å². The quantitative estimate of drug-likeness (QED) is 0.666. The van der Waals surface area contributed by atoms with E-state index in [9.17, 15) is 18.0 Å². The Bertz CT molecular complexity index is 1140. The van der Waals surface area contributed by atoms with Crippen LogP contribution in [0.15, 0.2) is 42.6 Å². The Kier molecular flexibility index (Phi) is 4.91. The second kappa shape index (κ2) is 7.16. The minimum Gasteiger partial charge on any atom is -0.355 e. The highest BCUT2D eigenvalue weighted by Gasteiger charge is 2.14. The van der Waals surface area contributed by atoms with E-state index in [0.29, 0.717) is 11.2 Å². The highest BCUT2D eigenvalue weighted by atomic mass is 32.2. The van der Waals surface area contributed by atoms with Gasteiger partial charge in [0.15, 0.2) is 15.5 Å². The topological polar surface area (TPSA) is 123 Å². The maximum atomic E-state index is 11.8. The number of nitrogens with zero attached hydrogens (tertiary/aromatic N) is 3. The van der Waals surface area contributed by atoms with Crippen molar-refractivity contribution in [2.45, 2.75) is 0 Å². The van der Waals surface area contributed by atoms with E-state index in [1.807, 2.05) is 12.1 Å². The number of carbonyl (C=O) groups excluding carboxylic acids is 2. The van der Waals surface area contributed by atoms with Gasteiger partial charge in [0.25, 0.3) is 5.91 Å². The van der Waals surface area contributed by atoms with Crippen molar-refractivity contribution >= 4 is 33.2 Å². The number of hydrogen-bond donors (Lipinski definition) is 2. The van der Waals surface area contributed by atoms with Crippen molar-refractivity contribution in [2.75, 3.05) is 24.4 Å². The number of aromatic nitrogens is 3. The summed E-state index contributed by atoms with van der Waals surface area (Å²) in [7, 11) is -1.87. The van der Waals surface area contributed by atoms with Crippen LogP contribution in [-0.4, -0.2) is 53.9 Å². The molecule has 0 bridgehead atoms. The van der Waals surface area contributed by atoms with Crippen LogP contribution in [0.1, 0.15) is 10.4 Å². The molecule has 0 aliphatic rings. The molecule has 9 nitrogen and oxygen atoms in total. The molecule has 0 radical (unpaired) electrons. The first kappa shape index (κ1) is 18.5. The standard InChI is InChI=1S/C17H17N5O4S/c1-18-16(24)12-5-3-4-11(8-12)13-6-7-14-19-17(21-22(14)9-13)20-15(23)10-27(2,25)26/h3-9H,10H2,1-2H3,(H,18,24)(H,20,21,23). The average Bonchev–Trinajstić information content (AvgIpc) is 3.00. The highest BCUT2D eigenvalue weighted by molar-refractivity contribution is 7.91. The van der Waals surface area contributed by atoms with Crippen molar-refractivity contribution in [3.8, 4) is 11.1 Å². The Hall–Kier alpha value is -3.27. The van der Waals surface area contributed by atoms with Gasteiger partial charge in [0, 0.05) is 30.6 Å². The van der Waals surface area contributed by atoms with Gasteiger partial charge in [0.1, 0.15) is 5.75 Å². The highest BCUT2D eigenvalue weighted by Crippen LogP contribution is 2.21. The molecule has 2 N–H and O–H groups in total. The summed E-state index contributed by atoms with van der Waals surface area (Å²) in [6.45, 7) is 0. The predicted octanol–water partition coefficient (Wildman–Crippen LogP) is 0.739. The molecule has 140 valence electrons. The number of rotatable bonds is 5. The lowest BCUT2D eigenvalue weighted by molar-refractivity contribution is -0.113. The van der Waals surface area contributed by atoms with Crippen LogP contribution < -0.4 is 10.6 Å². The Morgan fingerprint density at radius 1 is 1.15 bits per heavy atom. The van der Waals surface area contributed by atoms with Gasteiger partial charge in [-0.1, -0.05) is 12.1 Å². The van der Waals surface area contributed by atoms with Crippen molar-refractivity contribution in [3.05, 3.63) is 48.2 Å². The molecule has 10 heteroatoms. The van der Waals surface area contributed by atoms with Crippen LogP contribution in [0, 0.1) is 0 Å². The van der Waals surface area contributed by atoms with Crippen LogP contribution in [-0.2, 0) is 14.6 Å². The van der Waals surface area contributed by atoms with Crippen LogP contribution in [0.3, 0.4) is 0 Å². The molecule has 0 unspecified atom stereocenters. The normalized spacial score (nSPS) is 11.3. The molecule has 0 aliphatic carbocycles. The molecule has 2 aromatic heterocycles. The number of anilines is 1. The number of fused-ring (bicyclic) bond motifs is 1. The Balaban J connectivity index is 1.88. The summed E-state index contributed by atoms with van der Waals surface area (Å²) in [5.41, 5.74) is 2.63. The number of carbonyl (C=O) groups is 2. The summed E-state index contributed by atoms with van der Waals surface area (Å²) >= 11 is 0. The van der Waals surface area contributed by atoms with Crippen LogP contribution >= 0.6 is 0 Å². The minimum atomic E-state index is -3.44. The van der Waals surface area contributed by atoms with E-state index in [0.717, 1.165) is 17.4 Å². The lowest BCUT2D eigenvalue weighted by Crippen LogP contribution is -2.22. The first-order valence-electron chi connectivity index (χ1n) is 7.92. The lowest BCUT2D eigenvalue weighted by atomic mass is 10.0. The average molecular weight is 387 g/mol. The maximum Gasteiger partial charge on any atom is 0.251 e. The van der Waals surface area contributed by atoms with E-state index >= 15 is 0 Å². The summed E-state index contributed by atoms with van der Waals surface area (Å²) in [5.74, 6) is -1.51. The van der Waals surface area contributed by atoms with Gasteiger partial charge < -0.3 is 5.32 Å². The molecule has 2 amide bonds. The van der Waals surface area contributed by atoms with Gasteiger partial charge in [-0.2, -0.15) is 4.98 Å². The molecule has 0 spiro atoms. The van der Waals surface area contributed by atoms with E-state index in [4.69, 9.17) is 0 Å². The zero-order chi connectivity index (χ0) is 19.6. The van der Waals surface area contributed by atoms with E-state index in [-0.39, 0.29) is 11.9 Å². The molecule has 3 aromatic rings. The Morgan fingerprint density at radius 3 is 2.63 bits per heavy atom. The molecular weight excluding hydrogens is 370 g/mol. The monoisotopic (exact) mass is 387 g/mol. The Labute approximate surface area is 155 Å². The summed E-state index contributed by atoms with van der Waals surface area (Å²) in [5, 5.41) is 9.08. The van der Waals surface area contributed by atoms with Crippen molar-refractivity contribution in [3.63, 3.8) is 0 Å². The van der Waals surface area contributed by atoms with Crippen molar-refractivity contribution in [2.24, 2.45) is 0 Å². The molecule has 0 saturated heterocycles. The number of benzene rings is 1. The maximum absolute atomic E-state index is 11.8.